The third-order valence-corrected chi connectivity index (χ3v) is 6.16. The van der Waals surface area contributed by atoms with Crippen LogP contribution < -0.4 is 17.3 Å². The van der Waals surface area contributed by atoms with Crippen molar-refractivity contribution in [2.24, 2.45) is 21.8 Å². The summed E-state index contributed by atoms with van der Waals surface area (Å²) in [7, 11) is -3.68. The van der Waals surface area contributed by atoms with Crippen molar-refractivity contribution >= 4 is 22.7 Å². The predicted octanol–water partition coefficient (Wildman–Crippen LogP) is -1.58. The molecule has 4 rings (SSSR count). The smallest absolute Gasteiger partial charge is 0.296 e. The van der Waals surface area contributed by atoms with Gasteiger partial charge in [-0.25, -0.2) is 9.89 Å². The summed E-state index contributed by atoms with van der Waals surface area (Å²) in [5, 5.41) is 0. The van der Waals surface area contributed by atoms with Crippen molar-refractivity contribution in [3.05, 3.63) is 53.6 Å². The number of hydrogen-bond donors (Lipinski definition) is 1. The highest BCUT2D eigenvalue weighted by Crippen LogP contribution is 2.40. The molecule has 1 unspecified atom stereocenters. The fourth-order valence-corrected chi connectivity index (χ4v) is 4.30. The van der Waals surface area contributed by atoms with Gasteiger partial charge in [0, 0.05) is 5.92 Å². The molecule has 6 nitrogen and oxygen atoms in total. The van der Waals surface area contributed by atoms with Crippen LogP contribution in [0, 0.1) is 18.8 Å². The van der Waals surface area contributed by atoms with Crippen LogP contribution in [0.5, 0.6) is 0 Å². The van der Waals surface area contributed by atoms with E-state index in [1.54, 1.807) is 30.5 Å². The molecule has 1 fully saturated rings. The molecule has 138 valence electrons. The number of nitrogens with one attached hydrogen (secondary N) is 1. The van der Waals surface area contributed by atoms with Crippen LogP contribution in [0.2, 0.25) is 0 Å². The second-order valence-electron chi connectivity index (χ2n) is 6.69. The molecule has 3 aliphatic rings. The molecule has 1 aromatic carbocycles. The van der Waals surface area contributed by atoms with Crippen LogP contribution in [0.3, 0.4) is 0 Å². The maximum Gasteiger partial charge on any atom is 0.296 e. The molecular formula is C18H20ClN3O3S. The molecule has 1 atom stereocenters. The van der Waals surface area contributed by atoms with Gasteiger partial charge in [0.25, 0.3) is 10.1 Å². The lowest BCUT2D eigenvalue weighted by Crippen LogP contribution is -3.04. The summed E-state index contributed by atoms with van der Waals surface area (Å²) in [6, 6.07) is 6.72. The molecule has 26 heavy (non-hydrogen) atoms. The van der Waals surface area contributed by atoms with Gasteiger partial charge in [-0.2, -0.15) is 8.42 Å². The summed E-state index contributed by atoms with van der Waals surface area (Å²) in [5.74, 6) is 0.603. The third kappa shape index (κ3) is 3.66. The summed E-state index contributed by atoms with van der Waals surface area (Å²) in [4.78, 5) is 10.0. The van der Waals surface area contributed by atoms with Crippen molar-refractivity contribution < 1.29 is 29.9 Å². The van der Waals surface area contributed by atoms with Crippen LogP contribution in [0.15, 0.2) is 62.9 Å². The van der Waals surface area contributed by atoms with E-state index in [2.05, 4.69) is 9.98 Å². The Labute approximate surface area is 159 Å². The van der Waals surface area contributed by atoms with Crippen LogP contribution in [0.4, 0.5) is 0 Å². The Kier molecular flexibility index (Phi) is 5.43. The van der Waals surface area contributed by atoms with Gasteiger partial charge in [0.05, 0.1) is 23.9 Å². The van der Waals surface area contributed by atoms with Gasteiger partial charge in [-0.3, -0.25) is 9.18 Å². The summed E-state index contributed by atoms with van der Waals surface area (Å²) in [6.07, 6.45) is 9.23. The number of nitrogens with zero attached hydrogens (tertiary/aromatic N) is 2. The number of allylic oxidation sites excluding steroid dienone is 2. The number of hydrogen-bond acceptors (Lipinski definition) is 5. The topological polar surface area (TPSA) is 72.5 Å². The Bertz CT molecular complexity index is 898. The SMILES string of the molecule is Cc1ccc(S(=O)(=O)OCC2CC(C3=C4C=NC=C[NH+]4C=N3)C2)cc1.[Cl-]. The zero-order valence-electron chi connectivity index (χ0n) is 14.3. The summed E-state index contributed by atoms with van der Waals surface area (Å²) >= 11 is 0. The lowest BCUT2D eigenvalue weighted by atomic mass is 9.73. The second kappa shape index (κ2) is 7.44. The average molecular weight is 394 g/mol. The first-order chi connectivity index (χ1) is 12.0. The lowest BCUT2D eigenvalue weighted by Gasteiger charge is -2.34. The van der Waals surface area contributed by atoms with E-state index in [0.29, 0.717) is 5.92 Å². The molecule has 1 aromatic rings. The number of benzene rings is 1. The quantitative estimate of drug-likeness (QED) is 0.614. The minimum Gasteiger partial charge on any atom is -1.00 e. The van der Waals surface area contributed by atoms with Gasteiger partial charge in [0.2, 0.25) is 0 Å². The lowest BCUT2D eigenvalue weighted by molar-refractivity contribution is -0.682. The maximum atomic E-state index is 12.2. The fraction of sp³-hybridized carbons (Fsp3) is 0.333. The van der Waals surface area contributed by atoms with E-state index >= 15 is 0 Å². The fourth-order valence-electron chi connectivity index (χ4n) is 3.32. The third-order valence-electron chi connectivity index (χ3n) is 4.86. The summed E-state index contributed by atoms with van der Waals surface area (Å²) < 4.78 is 29.7. The van der Waals surface area contributed by atoms with Crippen molar-refractivity contribution in [2.45, 2.75) is 24.7 Å². The van der Waals surface area contributed by atoms with Gasteiger partial charge in [-0.05, 0) is 37.8 Å². The number of halogens is 1. The maximum absolute atomic E-state index is 12.2. The Hall–Kier alpha value is -1.80. The monoisotopic (exact) mass is 393 g/mol. The first kappa shape index (κ1) is 19.0. The molecule has 0 radical (unpaired) electrons. The van der Waals surface area contributed by atoms with Gasteiger partial charge in [0.15, 0.2) is 12.0 Å². The van der Waals surface area contributed by atoms with E-state index in [-0.39, 0.29) is 29.8 Å². The van der Waals surface area contributed by atoms with Gasteiger partial charge in [-0.15, -0.1) is 0 Å². The molecule has 0 aromatic heterocycles. The highest BCUT2D eigenvalue weighted by molar-refractivity contribution is 7.86. The van der Waals surface area contributed by atoms with Crippen molar-refractivity contribution in [3.8, 4) is 0 Å². The Balaban J connectivity index is 0.00000196. The first-order valence-electron chi connectivity index (χ1n) is 8.34. The number of aryl methyl sites for hydroxylation is 1. The first-order valence-corrected chi connectivity index (χ1v) is 9.75. The van der Waals surface area contributed by atoms with E-state index in [0.717, 1.165) is 34.7 Å². The Morgan fingerprint density at radius 3 is 2.69 bits per heavy atom. The van der Waals surface area contributed by atoms with E-state index < -0.39 is 10.1 Å². The minimum absolute atomic E-state index is 0. The van der Waals surface area contributed by atoms with Crippen LogP contribution in [-0.4, -0.2) is 27.6 Å². The summed E-state index contributed by atoms with van der Waals surface area (Å²) in [6.45, 7) is 2.15. The molecule has 1 aliphatic carbocycles. The number of fused-ring (bicyclic) bond motifs is 1. The van der Waals surface area contributed by atoms with Crippen molar-refractivity contribution in [3.63, 3.8) is 0 Å². The second-order valence-corrected chi connectivity index (χ2v) is 8.31. The van der Waals surface area contributed by atoms with Crippen LogP contribution >= 0.6 is 0 Å². The number of aliphatic imine (C=N–C) groups is 2. The molecule has 2 heterocycles. The zero-order valence-corrected chi connectivity index (χ0v) is 15.9. The zero-order chi connectivity index (χ0) is 17.4. The van der Waals surface area contributed by atoms with Crippen LogP contribution in [0.1, 0.15) is 18.4 Å². The molecule has 0 amide bonds. The van der Waals surface area contributed by atoms with Gasteiger partial charge in [0.1, 0.15) is 11.9 Å². The molecule has 0 bridgehead atoms. The standard InChI is InChI=1S/C18H19N3O3S.ClH/c1-13-2-4-16(5-3-13)25(22,23)24-11-14-8-15(9-14)18-17-10-19-6-7-21(17)12-20-18;/h2-7,10,12,14-15H,8-9,11H2,1H3;1H. The highest BCUT2D eigenvalue weighted by Gasteiger charge is 2.38. The van der Waals surface area contributed by atoms with Crippen LogP contribution in [0.25, 0.3) is 0 Å². The predicted molar refractivity (Wildman–Crippen MR) is 94.6 cm³/mol. The normalized spacial score (nSPS) is 26.4. The van der Waals surface area contributed by atoms with E-state index in [1.165, 1.54) is 0 Å². The molecule has 1 N–H and O–H groups in total. The van der Waals surface area contributed by atoms with Gasteiger partial charge in [-0.1, -0.05) is 17.7 Å². The minimum atomic E-state index is -3.68. The Morgan fingerprint density at radius 2 is 1.96 bits per heavy atom. The summed E-state index contributed by atoms with van der Waals surface area (Å²) in [5.41, 5.74) is 3.18. The van der Waals surface area contributed by atoms with Gasteiger partial charge >= 0.3 is 0 Å². The molecule has 0 saturated heterocycles. The largest absolute Gasteiger partial charge is 1.00 e. The van der Waals surface area contributed by atoms with Crippen molar-refractivity contribution in [2.75, 3.05) is 6.61 Å². The average Bonchev–Trinajstić information content (AvgIpc) is 2.98. The molecule has 0 spiro atoms. The van der Waals surface area contributed by atoms with Gasteiger partial charge < -0.3 is 12.4 Å². The van der Waals surface area contributed by atoms with E-state index in [4.69, 9.17) is 4.18 Å². The molecular weight excluding hydrogens is 374 g/mol. The van der Waals surface area contributed by atoms with E-state index in [1.807, 2.05) is 25.7 Å². The number of rotatable bonds is 5. The molecule has 1 saturated carbocycles. The van der Waals surface area contributed by atoms with Crippen LogP contribution in [-0.2, 0) is 14.3 Å². The number of quaternary nitrogens is 1. The highest BCUT2D eigenvalue weighted by atomic mass is 35.5. The van der Waals surface area contributed by atoms with Crippen molar-refractivity contribution in [1.82, 2.24) is 0 Å². The van der Waals surface area contributed by atoms with Crippen molar-refractivity contribution in [1.29, 1.82) is 0 Å². The molecule has 2 aliphatic heterocycles. The van der Waals surface area contributed by atoms with E-state index in [9.17, 15) is 8.42 Å². The Morgan fingerprint density at radius 1 is 1.23 bits per heavy atom. The molecule has 8 heteroatoms.